The number of nitrogens with zero attached hydrogens (tertiary/aromatic N) is 1. The molecule has 2 aromatic carbocycles. The van der Waals surface area contributed by atoms with Gasteiger partial charge in [-0.15, -0.1) is 0 Å². The van der Waals surface area contributed by atoms with E-state index in [1.807, 2.05) is 0 Å². The maximum absolute atomic E-state index is 11.8. The van der Waals surface area contributed by atoms with Gasteiger partial charge in [0.15, 0.2) is 5.43 Å². The number of rotatable bonds is 3. The van der Waals surface area contributed by atoms with Gasteiger partial charge in [0, 0.05) is 11.6 Å². The van der Waals surface area contributed by atoms with Gasteiger partial charge in [-0.1, -0.05) is 36.4 Å². The van der Waals surface area contributed by atoms with Crippen molar-refractivity contribution in [2.45, 2.75) is 6.10 Å². The molecule has 2 aromatic rings. The van der Waals surface area contributed by atoms with Gasteiger partial charge < -0.3 is 5.11 Å². The van der Waals surface area contributed by atoms with Crippen molar-refractivity contribution in [2.24, 2.45) is 0 Å². The molecule has 1 atom stereocenters. The van der Waals surface area contributed by atoms with Crippen molar-refractivity contribution in [3.63, 3.8) is 0 Å². The van der Waals surface area contributed by atoms with Crippen molar-refractivity contribution in [3.8, 4) is 0 Å². The van der Waals surface area contributed by atoms with Gasteiger partial charge in [0.2, 0.25) is 0 Å². The average Bonchev–Trinajstić information content (AvgIpc) is 2.62. The number of benzene rings is 1. The van der Waals surface area contributed by atoms with Crippen LogP contribution >= 0.6 is 0 Å². The Labute approximate surface area is 108 Å². The predicted octanol–water partition coefficient (Wildman–Crippen LogP) is 2.04. The van der Waals surface area contributed by atoms with Crippen LogP contribution in [0, 0.1) is 10.1 Å². The monoisotopic (exact) mass is 257 g/mol. The second-order valence-electron chi connectivity index (χ2n) is 3.95. The quantitative estimate of drug-likeness (QED) is 0.674. The van der Waals surface area contributed by atoms with E-state index in [2.05, 4.69) is 0 Å². The Bertz CT molecular complexity index is 669. The number of hydrogen-bond acceptors (Lipinski definition) is 4. The van der Waals surface area contributed by atoms with Gasteiger partial charge >= 0.3 is 0 Å². The average molecular weight is 257 g/mol. The van der Waals surface area contributed by atoms with E-state index in [9.17, 15) is 20.0 Å². The molecule has 0 spiro atoms. The third kappa shape index (κ3) is 2.66. The zero-order valence-corrected chi connectivity index (χ0v) is 9.89. The Hall–Kier alpha value is -2.53. The van der Waals surface area contributed by atoms with Crippen LogP contribution in [0.3, 0.4) is 0 Å². The molecule has 0 aliphatic rings. The van der Waals surface area contributed by atoms with Crippen LogP contribution in [-0.4, -0.2) is 10.0 Å². The second kappa shape index (κ2) is 5.41. The van der Waals surface area contributed by atoms with Crippen molar-refractivity contribution >= 4 is 5.69 Å². The lowest BCUT2D eigenvalue weighted by Crippen LogP contribution is -2.12. The topological polar surface area (TPSA) is 80.4 Å². The molecule has 0 aliphatic carbocycles. The van der Waals surface area contributed by atoms with E-state index in [-0.39, 0.29) is 22.2 Å². The molecule has 1 unspecified atom stereocenters. The van der Waals surface area contributed by atoms with Gasteiger partial charge in [0.25, 0.3) is 5.69 Å². The number of aliphatic hydroxyl groups is 1. The number of para-hydroxylation sites is 1. The van der Waals surface area contributed by atoms with E-state index in [1.54, 1.807) is 24.3 Å². The number of nitro benzene ring substituents is 1. The molecule has 5 heteroatoms. The Morgan fingerprint density at radius 2 is 1.53 bits per heavy atom. The molecule has 0 aromatic heterocycles. The van der Waals surface area contributed by atoms with Crippen molar-refractivity contribution in [1.82, 2.24) is 0 Å². The highest BCUT2D eigenvalue weighted by molar-refractivity contribution is 5.44. The SMILES string of the molecule is O=c1cccccc1C(O)c1ccccc1[N+](=O)[O-]. The van der Waals surface area contributed by atoms with Gasteiger partial charge in [0.05, 0.1) is 10.5 Å². The lowest BCUT2D eigenvalue weighted by molar-refractivity contribution is -0.386. The van der Waals surface area contributed by atoms with E-state index in [1.165, 1.54) is 30.3 Å². The summed E-state index contributed by atoms with van der Waals surface area (Å²) in [6.45, 7) is 0. The van der Waals surface area contributed by atoms with E-state index in [0.29, 0.717) is 0 Å². The molecule has 0 heterocycles. The first kappa shape index (κ1) is 12.9. The summed E-state index contributed by atoms with van der Waals surface area (Å²) in [5, 5.41) is 21.1. The molecule has 0 bridgehead atoms. The molecule has 0 aliphatic heterocycles. The molecule has 0 amide bonds. The maximum Gasteiger partial charge on any atom is 0.275 e. The van der Waals surface area contributed by atoms with Gasteiger partial charge in [-0.05, 0) is 12.1 Å². The first-order chi connectivity index (χ1) is 9.11. The molecule has 0 radical (unpaired) electrons. The highest BCUT2D eigenvalue weighted by atomic mass is 16.6. The highest BCUT2D eigenvalue weighted by Crippen LogP contribution is 2.27. The van der Waals surface area contributed by atoms with Crippen molar-refractivity contribution in [1.29, 1.82) is 0 Å². The van der Waals surface area contributed by atoms with Gasteiger partial charge in [0.1, 0.15) is 6.10 Å². The zero-order chi connectivity index (χ0) is 13.8. The van der Waals surface area contributed by atoms with Crippen LogP contribution in [0.2, 0.25) is 0 Å². The molecular weight excluding hydrogens is 246 g/mol. The molecule has 0 saturated heterocycles. The maximum atomic E-state index is 11.8. The smallest absolute Gasteiger partial charge is 0.275 e. The molecule has 5 nitrogen and oxygen atoms in total. The summed E-state index contributed by atoms with van der Waals surface area (Å²) >= 11 is 0. The molecule has 96 valence electrons. The van der Waals surface area contributed by atoms with Crippen LogP contribution in [0.5, 0.6) is 0 Å². The Morgan fingerprint density at radius 3 is 2.26 bits per heavy atom. The Balaban J connectivity index is 2.57. The lowest BCUT2D eigenvalue weighted by atomic mass is 10.0. The summed E-state index contributed by atoms with van der Waals surface area (Å²) in [5.41, 5.74) is -0.355. The summed E-state index contributed by atoms with van der Waals surface area (Å²) < 4.78 is 0. The first-order valence-electron chi connectivity index (χ1n) is 5.62. The molecule has 1 N–H and O–H groups in total. The summed E-state index contributed by atoms with van der Waals surface area (Å²) in [5.74, 6) is 0. The number of aliphatic hydroxyl groups excluding tert-OH is 1. The van der Waals surface area contributed by atoms with Gasteiger partial charge in [-0.2, -0.15) is 0 Å². The fourth-order valence-corrected chi connectivity index (χ4v) is 1.82. The third-order valence-corrected chi connectivity index (χ3v) is 2.75. The lowest BCUT2D eigenvalue weighted by Gasteiger charge is -2.09. The van der Waals surface area contributed by atoms with Gasteiger partial charge in [-0.25, -0.2) is 0 Å². The first-order valence-corrected chi connectivity index (χ1v) is 5.62. The van der Waals surface area contributed by atoms with E-state index < -0.39 is 11.0 Å². The van der Waals surface area contributed by atoms with Crippen LogP contribution in [-0.2, 0) is 0 Å². The fraction of sp³-hybridized carbons (Fsp3) is 0.0714. The summed E-state index contributed by atoms with van der Waals surface area (Å²) in [6.07, 6.45) is -1.32. The standard InChI is InChI=1S/C14H11NO4/c16-13-9-3-1-2-7-11(13)14(17)10-6-4-5-8-12(10)15(18)19/h1-9,14,17H. The normalized spacial score (nSPS) is 11.8. The molecule has 19 heavy (non-hydrogen) atoms. The molecule has 2 rings (SSSR count). The van der Waals surface area contributed by atoms with Crippen LogP contribution in [0.1, 0.15) is 17.2 Å². The number of nitro groups is 1. The largest absolute Gasteiger partial charge is 0.383 e. The zero-order valence-electron chi connectivity index (χ0n) is 9.89. The molecular formula is C14H11NO4. The predicted molar refractivity (Wildman–Crippen MR) is 69.9 cm³/mol. The summed E-state index contributed by atoms with van der Waals surface area (Å²) in [6, 6.07) is 13.4. The van der Waals surface area contributed by atoms with E-state index in [4.69, 9.17) is 0 Å². The minimum atomic E-state index is -1.32. The summed E-state index contributed by atoms with van der Waals surface area (Å²) in [4.78, 5) is 22.1. The van der Waals surface area contributed by atoms with Crippen LogP contribution in [0.4, 0.5) is 5.69 Å². The van der Waals surface area contributed by atoms with Crippen LogP contribution in [0.25, 0.3) is 0 Å². The minimum Gasteiger partial charge on any atom is -0.383 e. The Morgan fingerprint density at radius 1 is 0.947 bits per heavy atom. The minimum absolute atomic E-state index is 0.107. The second-order valence-corrected chi connectivity index (χ2v) is 3.95. The van der Waals surface area contributed by atoms with Crippen LogP contribution in [0.15, 0.2) is 59.4 Å². The van der Waals surface area contributed by atoms with Crippen molar-refractivity contribution in [2.75, 3.05) is 0 Å². The number of hydrogen-bond donors (Lipinski definition) is 1. The van der Waals surface area contributed by atoms with Crippen molar-refractivity contribution in [3.05, 3.63) is 86.1 Å². The molecule has 0 fully saturated rings. The van der Waals surface area contributed by atoms with Crippen molar-refractivity contribution < 1.29 is 10.0 Å². The van der Waals surface area contributed by atoms with Gasteiger partial charge in [-0.3, -0.25) is 14.9 Å². The van der Waals surface area contributed by atoms with E-state index in [0.717, 1.165) is 0 Å². The summed E-state index contributed by atoms with van der Waals surface area (Å²) in [7, 11) is 0. The van der Waals surface area contributed by atoms with Crippen LogP contribution < -0.4 is 5.43 Å². The fourth-order valence-electron chi connectivity index (χ4n) is 1.82. The Kier molecular flexibility index (Phi) is 3.68. The van der Waals surface area contributed by atoms with E-state index >= 15 is 0 Å². The highest BCUT2D eigenvalue weighted by Gasteiger charge is 2.22. The molecule has 0 saturated carbocycles. The third-order valence-electron chi connectivity index (χ3n) is 2.75.